The molecule has 4 aromatic rings. The molecule has 26 heavy (non-hydrogen) atoms. The van der Waals surface area contributed by atoms with Crippen molar-refractivity contribution in [3.05, 3.63) is 89.7 Å². The highest BCUT2D eigenvalue weighted by molar-refractivity contribution is 7.11. The van der Waals surface area contributed by atoms with Gasteiger partial charge >= 0.3 is 0 Å². The van der Waals surface area contributed by atoms with Crippen LogP contribution in [0.5, 0.6) is 5.75 Å². The van der Waals surface area contributed by atoms with E-state index in [0.717, 1.165) is 27.7 Å². The summed E-state index contributed by atoms with van der Waals surface area (Å²) in [4.78, 5) is 5.38. The first-order valence-electron chi connectivity index (χ1n) is 8.23. The summed E-state index contributed by atoms with van der Waals surface area (Å²) in [6.07, 6.45) is 0. The van der Waals surface area contributed by atoms with Crippen molar-refractivity contribution in [2.75, 3.05) is 7.11 Å². The summed E-state index contributed by atoms with van der Waals surface area (Å²) in [5, 5.41) is 5.75. The number of methoxy groups -OCH3 is 1. The number of rotatable bonds is 4. The van der Waals surface area contributed by atoms with Crippen LogP contribution in [0.15, 0.2) is 89.9 Å². The van der Waals surface area contributed by atoms with E-state index < -0.39 is 0 Å². The van der Waals surface area contributed by atoms with Gasteiger partial charge in [-0.2, -0.15) is 5.10 Å². The first kappa shape index (κ1) is 16.3. The lowest BCUT2D eigenvalue weighted by molar-refractivity contribution is -0.650. The van der Waals surface area contributed by atoms with Gasteiger partial charge in [0.05, 0.1) is 17.5 Å². The molecule has 1 aromatic heterocycles. The highest BCUT2D eigenvalue weighted by Gasteiger charge is 2.17. The van der Waals surface area contributed by atoms with E-state index in [2.05, 4.69) is 4.99 Å². The zero-order chi connectivity index (χ0) is 17.8. The minimum absolute atomic E-state index is 0.714. The van der Waals surface area contributed by atoms with Crippen molar-refractivity contribution in [3.8, 4) is 22.0 Å². The van der Waals surface area contributed by atoms with Crippen molar-refractivity contribution in [3.63, 3.8) is 0 Å². The maximum absolute atomic E-state index is 5.27. The van der Waals surface area contributed by atoms with Crippen LogP contribution in [-0.2, 0) is 0 Å². The summed E-state index contributed by atoms with van der Waals surface area (Å²) in [7, 11) is 1.67. The van der Waals surface area contributed by atoms with Gasteiger partial charge in [-0.1, -0.05) is 59.9 Å². The van der Waals surface area contributed by atoms with Crippen LogP contribution < -0.4 is 19.3 Å². The zero-order valence-electron chi connectivity index (χ0n) is 14.2. The van der Waals surface area contributed by atoms with Gasteiger partial charge in [0.2, 0.25) is 5.69 Å². The van der Waals surface area contributed by atoms with Gasteiger partial charge in [0.1, 0.15) is 5.75 Å². The van der Waals surface area contributed by atoms with Crippen molar-refractivity contribution < 1.29 is 9.42 Å². The maximum atomic E-state index is 5.27. The van der Waals surface area contributed by atoms with E-state index in [4.69, 9.17) is 9.84 Å². The monoisotopic (exact) mass is 362 g/mol. The molecule has 0 radical (unpaired) electrons. The molecule has 0 spiro atoms. The van der Waals surface area contributed by atoms with Crippen molar-refractivity contribution in [1.29, 1.82) is 0 Å². The Morgan fingerprint density at radius 2 is 1.50 bits per heavy atom. The smallest absolute Gasteiger partial charge is 0.282 e. The molecule has 5 heteroatoms. The minimum Gasteiger partial charge on any atom is -0.497 e. The second kappa shape index (κ2) is 7.37. The summed E-state index contributed by atoms with van der Waals surface area (Å²) in [5.41, 5.74) is 2.97. The summed E-state index contributed by atoms with van der Waals surface area (Å²) in [6, 6.07) is 28.0. The average molecular weight is 362 g/mol. The molecular formula is C21H17N3OS. The molecule has 0 unspecified atom stereocenters. The lowest BCUT2D eigenvalue weighted by Gasteiger charge is -2.01. The third-order valence-electron chi connectivity index (χ3n) is 3.88. The van der Waals surface area contributed by atoms with E-state index in [9.17, 15) is 0 Å². The largest absolute Gasteiger partial charge is 0.497 e. The Hall–Kier alpha value is -3.18. The first-order valence-corrected chi connectivity index (χ1v) is 9.05. The average Bonchev–Trinajstić information content (AvgIpc) is 3.13. The Kier molecular flexibility index (Phi) is 4.62. The highest BCUT2D eigenvalue weighted by atomic mass is 32.1. The Morgan fingerprint density at radius 1 is 0.846 bits per heavy atom. The predicted octanol–water partition coefficient (Wildman–Crippen LogP) is 3.89. The molecule has 3 aromatic carbocycles. The van der Waals surface area contributed by atoms with Crippen LogP contribution in [0.1, 0.15) is 0 Å². The molecule has 4 nitrogen and oxygen atoms in total. The number of hydrogen-bond donors (Lipinski definition) is 0. The van der Waals surface area contributed by atoms with Crippen LogP contribution >= 0.6 is 11.3 Å². The summed E-state index contributed by atoms with van der Waals surface area (Å²) >= 11 is 1.56. The minimum atomic E-state index is 0.714. The SMILES string of the molecule is COc1ccc(-c2sc(=[15N]c3ccccc3)[15n-][15n+]2-c2ccccc2)cc1. The molecular weight excluding hydrogens is 345 g/mol. The molecule has 1 heterocycles. The fraction of sp³-hybridized carbons (Fsp3) is 0.0476. The van der Waals surface area contributed by atoms with Gasteiger partial charge in [-0.15, -0.1) is 4.68 Å². The third-order valence-corrected chi connectivity index (χ3v) is 4.84. The number of nitrogens with zero attached hydrogens (tertiary/aromatic N) is 3. The van der Waals surface area contributed by atoms with Crippen LogP contribution in [0.2, 0.25) is 0 Å². The van der Waals surface area contributed by atoms with Crippen LogP contribution in [0.4, 0.5) is 5.69 Å². The van der Waals surface area contributed by atoms with Gasteiger partial charge < -0.3 is 9.73 Å². The number of aromatic nitrogens is 2. The van der Waals surface area contributed by atoms with Crippen LogP contribution in [0.25, 0.3) is 16.3 Å². The number of ether oxygens (including phenoxy) is 1. The van der Waals surface area contributed by atoms with Gasteiger partial charge in [-0.3, -0.25) is 0 Å². The topological polar surface area (TPSA) is 39.6 Å². The summed E-state index contributed by atoms with van der Waals surface area (Å²) in [5.74, 6) is 0.832. The Balaban J connectivity index is 1.87. The number of para-hydroxylation sites is 2. The van der Waals surface area contributed by atoms with Gasteiger partial charge in [0, 0.05) is 12.1 Å². The summed E-state index contributed by atoms with van der Waals surface area (Å²) < 4.78 is 7.21. The van der Waals surface area contributed by atoms with E-state index in [0.29, 0.717) is 4.80 Å². The van der Waals surface area contributed by atoms with E-state index in [1.54, 1.807) is 18.4 Å². The maximum Gasteiger partial charge on any atom is 0.282 e. The zero-order valence-corrected chi connectivity index (χ0v) is 15.1. The Bertz CT molecular complexity index is 1050. The van der Waals surface area contributed by atoms with Gasteiger partial charge in [0.15, 0.2) is 0 Å². The van der Waals surface area contributed by atoms with E-state index in [-0.39, 0.29) is 0 Å². The molecule has 0 aliphatic heterocycles. The Morgan fingerprint density at radius 3 is 2.15 bits per heavy atom. The Labute approximate surface area is 155 Å². The molecule has 0 aliphatic rings. The molecule has 0 saturated carbocycles. The van der Waals surface area contributed by atoms with Crippen LogP contribution in [0.3, 0.4) is 0 Å². The summed E-state index contributed by atoms with van der Waals surface area (Å²) in [6.45, 7) is 0. The fourth-order valence-corrected chi connectivity index (χ4v) is 3.53. The quantitative estimate of drug-likeness (QED) is 0.408. The third kappa shape index (κ3) is 3.43. The molecule has 128 valence electrons. The molecule has 0 fully saturated rings. The van der Waals surface area contributed by atoms with Gasteiger partial charge in [-0.25, -0.2) is 0 Å². The molecule has 0 saturated heterocycles. The van der Waals surface area contributed by atoms with Crippen molar-refractivity contribution in [2.45, 2.75) is 0 Å². The van der Waals surface area contributed by atoms with Gasteiger partial charge in [-0.05, 0) is 30.0 Å². The first-order chi connectivity index (χ1) is 12.8. The predicted molar refractivity (Wildman–Crippen MR) is 103 cm³/mol. The van der Waals surface area contributed by atoms with Crippen molar-refractivity contribution in [2.24, 2.45) is 4.99 Å². The highest BCUT2D eigenvalue weighted by Crippen LogP contribution is 2.22. The molecule has 4 rings (SSSR count). The van der Waals surface area contributed by atoms with E-state index >= 15 is 0 Å². The standard InChI is InChI=1S/C21H17N3OS/c1-25-19-14-12-16(13-15-19)20-24(18-10-6-3-7-11-18)23-21(26-20)22-17-8-4-2-5-9-17/h2-15H,1H3/i22+1,23+1,24+1. The second-order valence-electron chi connectivity index (χ2n) is 5.61. The van der Waals surface area contributed by atoms with Crippen molar-refractivity contribution >= 4 is 17.0 Å². The molecule has 0 N–H and O–H groups in total. The molecule has 0 aliphatic carbocycles. The second-order valence-corrected chi connectivity index (χ2v) is 6.57. The van der Waals surface area contributed by atoms with E-state index in [1.165, 1.54) is 0 Å². The van der Waals surface area contributed by atoms with Crippen LogP contribution in [-0.4, -0.2) is 7.11 Å². The fourth-order valence-electron chi connectivity index (χ4n) is 2.60. The molecule has 0 amide bonds. The van der Waals surface area contributed by atoms with E-state index in [1.807, 2.05) is 89.6 Å². The molecule has 0 bridgehead atoms. The number of hydrogen-bond acceptors (Lipinski definition) is 3. The molecule has 0 atom stereocenters. The normalized spacial score (nSPS) is 11.5. The van der Waals surface area contributed by atoms with Crippen molar-refractivity contribution in [1.82, 2.24) is 5.10 Å². The lowest BCUT2D eigenvalue weighted by atomic mass is 10.2. The lowest BCUT2D eigenvalue weighted by Crippen LogP contribution is -2.39. The van der Waals surface area contributed by atoms with Gasteiger partial charge in [0.25, 0.3) is 5.01 Å². The van der Waals surface area contributed by atoms with Crippen LogP contribution in [0, 0.1) is 0 Å². The number of benzene rings is 3.